The summed E-state index contributed by atoms with van der Waals surface area (Å²) in [5.41, 5.74) is 4.34. The quantitative estimate of drug-likeness (QED) is 0.838. The molecule has 0 radical (unpaired) electrons. The molecule has 0 fully saturated rings. The fraction of sp³-hybridized carbons (Fsp3) is 0.375. The van der Waals surface area contributed by atoms with Gasteiger partial charge in [0.15, 0.2) is 0 Å². The number of alkyl halides is 1. The number of aryl methyl sites for hydroxylation is 3. The van der Waals surface area contributed by atoms with Gasteiger partial charge < -0.3 is 5.32 Å². The Bertz CT molecular complexity index is 649. The number of hydrogen-bond acceptors (Lipinski definition) is 2. The Hall–Kier alpha value is -1.62. The van der Waals surface area contributed by atoms with Crippen LogP contribution in [0.4, 0.5) is 5.69 Å². The SMILES string of the molecule is Cc1nn(C)c(C)c1C(=O)Nc1cccc(CCCBr)c1. The molecule has 0 saturated carbocycles. The zero-order chi connectivity index (χ0) is 15.4. The third-order valence-electron chi connectivity index (χ3n) is 3.52. The molecule has 1 aromatic heterocycles. The van der Waals surface area contributed by atoms with E-state index >= 15 is 0 Å². The van der Waals surface area contributed by atoms with Crippen molar-refractivity contribution in [3.63, 3.8) is 0 Å². The molecule has 0 aliphatic rings. The number of carbonyl (C=O) groups is 1. The molecular weight excluding hydrogens is 330 g/mol. The molecule has 1 N–H and O–H groups in total. The molecule has 0 saturated heterocycles. The maximum Gasteiger partial charge on any atom is 0.259 e. The number of halogens is 1. The second-order valence-electron chi connectivity index (χ2n) is 5.12. The van der Waals surface area contributed by atoms with E-state index in [1.165, 1.54) is 5.56 Å². The van der Waals surface area contributed by atoms with Gasteiger partial charge in [-0.25, -0.2) is 0 Å². The van der Waals surface area contributed by atoms with Crippen LogP contribution < -0.4 is 5.32 Å². The van der Waals surface area contributed by atoms with E-state index in [9.17, 15) is 4.79 Å². The van der Waals surface area contributed by atoms with Gasteiger partial charge in [-0.1, -0.05) is 28.1 Å². The molecule has 0 atom stereocenters. The van der Waals surface area contributed by atoms with E-state index in [-0.39, 0.29) is 5.91 Å². The second-order valence-corrected chi connectivity index (χ2v) is 5.91. The summed E-state index contributed by atoms with van der Waals surface area (Å²) in [4.78, 5) is 12.4. The van der Waals surface area contributed by atoms with Gasteiger partial charge in [-0.3, -0.25) is 9.48 Å². The predicted octanol–water partition coefficient (Wildman–Crippen LogP) is 3.62. The minimum absolute atomic E-state index is 0.101. The van der Waals surface area contributed by atoms with E-state index in [4.69, 9.17) is 0 Å². The van der Waals surface area contributed by atoms with Crippen LogP contribution in [0.1, 0.15) is 33.7 Å². The van der Waals surface area contributed by atoms with E-state index in [1.54, 1.807) is 4.68 Å². The fourth-order valence-corrected chi connectivity index (χ4v) is 2.65. The van der Waals surface area contributed by atoms with Gasteiger partial charge in [-0.05, 0) is 44.4 Å². The van der Waals surface area contributed by atoms with Crippen molar-refractivity contribution < 1.29 is 4.79 Å². The summed E-state index contributed by atoms with van der Waals surface area (Å²) < 4.78 is 1.73. The summed E-state index contributed by atoms with van der Waals surface area (Å²) >= 11 is 3.44. The van der Waals surface area contributed by atoms with E-state index in [2.05, 4.69) is 32.4 Å². The van der Waals surface area contributed by atoms with Gasteiger partial charge in [-0.2, -0.15) is 5.10 Å². The maximum atomic E-state index is 12.4. The maximum absolute atomic E-state index is 12.4. The molecule has 4 nitrogen and oxygen atoms in total. The summed E-state index contributed by atoms with van der Waals surface area (Å²) in [6, 6.07) is 8.00. The molecule has 0 unspecified atom stereocenters. The molecule has 112 valence electrons. The lowest BCUT2D eigenvalue weighted by molar-refractivity contribution is 0.102. The smallest absolute Gasteiger partial charge is 0.259 e. The Balaban J connectivity index is 2.16. The largest absolute Gasteiger partial charge is 0.322 e. The molecular formula is C16H20BrN3O. The Kier molecular flexibility index (Phi) is 5.17. The first kappa shape index (κ1) is 15.8. The molecule has 2 aromatic rings. The van der Waals surface area contributed by atoms with Crippen LogP contribution in [0.2, 0.25) is 0 Å². The third-order valence-corrected chi connectivity index (χ3v) is 4.08. The molecule has 21 heavy (non-hydrogen) atoms. The number of nitrogens with zero attached hydrogens (tertiary/aromatic N) is 2. The van der Waals surface area contributed by atoms with Crippen molar-refractivity contribution in [2.45, 2.75) is 26.7 Å². The number of benzene rings is 1. The average molecular weight is 350 g/mol. The highest BCUT2D eigenvalue weighted by Crippen LogP contribution is 2.17. The van der Waals surface area contributed by atoms with Crippen LogP contribution in [0.3, 0.4) is 0 Å². The standard InChI is InChI=1S/C16H20BrN3O/c1-11-15(12(2)20(3)19-11)16(21)18-14-8-4-6-13(10-14)7-5-9-17/h4,6,8,10H,5,7,9H2,1-3H3,(H,18,21). The topological polar surface area (TPSA) is 46.9 Å². The molecule has 2 rings (SSSR count). The lowest BCUT2D eigenvalue weighted by Crippen LogP contribution is -2.14. The van der Waals surface area contributed by atoms with Gasteiger partial charge in [0.1, 0.15) is 0 Å². The van der Waals surface area contributed by atoms with Crippen molar-refractivity contribution >= 4 is 27.5 Å². The highest BCUT2D eigenvalue weighted by molar-refractivity contribution is 9.09. The Morgan fingerprint density at radius 3 is 2.76 bits per heavy atom. The molecule has 1 aromatic carbocycles. The van der Waals surface area contributed by atoms with Crippen LogP contribution in [0.5, 0.6) is 0 Å². The van der Waals surface area contributed by atoms with Crippen LogP contribution in [0.15, 0.2) is 24.3 Å². The van der Waals surface area contributed by atoms with E-state index < -0.39 is 0 Å². The molecule has 0 aliphatic carbocycles. The first-order chi connectivity index (χ1) is 10.0. The Morgan fingerprint density at radius 1 is 1.38 bits per heavy atom. The van der Waals surface area contributed by atoms with Gasteiger partial charge >= 0.3 is 0 Å². The first-order valence-electron chi connectivity index (χ1n) is 6.99. The Morgan fingerprint density at radius 2 is 2.14 bits per heavy atom. The summed E-state index contributed by atoms with van der Waals surface area (Å²) in [6.07, 6.45) is 2.08. The number of rotatable bonds is 5. The van der Waals surface area contributed by atoms with Gasteiger partial charge in [-0.15, -0.1) is 0 Å². The van der Waals surface area contributed by atoms with E-state index in [0.29, 0.717) is 5.56 Å². The van der Waals surface area contributed by atoms with Crippen LogP contribution in [0, 0.1) is 13.8 Å². The van der Waals surface area contributed by atoms with Crippen LogP contribution in [-0.2, 0) is 13.5 Å². The second kappa shape index (κ2) is 6.89. The van der Waals surface area contributed by atoms with Crippen molar-refractivity contribution in [1.29, 1.82) is 0 Å². The lowest BCUT2D eigenvalue weighted by Gasteiger charge is -2.08. The minimum atomic E-state index is -0.101. The highest BCUT2D eigenvalue weighted by atomic mass is 79.9. The fourth-order valence-electron chi connectivity index (χ4n) is 2.37. The number of amides is 1. The summed E-state index contributed by atoms with van der Waals surface area (Å²) in [6.45, 7) is 3.76. The summed E-state index contributed by atoms with van der Waals surface area (Å²) in [7, 11) is 1.85. The van der Waals surface area contributed by atoms with Crippen molar-refractivity contribution in [2.24, 2.45) is 7.05 Å². The van der Waals surface area contributed by atoms with E-state index in [1.807, 2.05) is 39.1 Å². The number of hydrogen-bond donors (Lipinski definition) is 1. The van der Waals surface area contributed by atoms with Gasteiger partial charge in [0.25, 0.3) is 5.91 Å². The molecule has 0 aliphatic heterocycles. The van der Waals surface area contributed by atoms with E-state index in [0.717, 1.165) is 35.2 Å². The number of nitrogens with one attached hydrogen (secondary N) is 1. The average Bonchev–Trinajstić information content (AvgIpc) is 2.70. The third kappa shape index (κ3) is 3.73. The zero-order valence-corrected chi connectivity index (χ0v) is 14.2. The normalized spacial score (nSPS) is 10.7. The molecule has 0 bridgehead atoms. The van der Waals surface area contributed by atoms with Crippen LogP contribution in [0.25, 0.3) is 0 Å². The monoisotopic (exact) mass is 349 g/mol. The minimum Gasteiger partial charge on any atom is -0.322 e. The lowest BCUT2D eigenvalue weighted by atomic mass is 10.1. The molecule has 1 amide bonds. The van der Waals surface area contributed by atoms with Crippen molar-refractivity contribution in [2.75, 3.05) is 10.6 Å². The summed E-state index contributed by atoms with van der Waals surface area (Å²) in [5.74, 6) is -0.101. The van der Waals surface area contributed by atoms with Gasteiger partial charge in [0.2, 0.25) is 0 Å². The van der Waals surface area contributed by atoms with Crippen LogP contribution in [-0.4, -0.2) is 21.0 Å². The summed E-state index contributed by atoms with van der Waals surface area (Å²) in [5, 5.41) is 8.23. The Labute approximate surface area is 133 Å². The first-order valence-corrected chi connectivity index (χ1v) is 8.11. The number of carbonyl (C=O) groups excluding carboxylic acids is 1. The predicted molar refractivity (Wildman–Crippen MR) is 89.2 cm³/mol. The molecule has 0 spiro atoms. The zero-order valence-electron chi connectivity index (χ0n) is 12.6. The molecule has 5 heteroatoms. The van der Waals surface area contributed by atoms with Crippen molar-refractivity contribution in [3.05, 3.63) is 46.8 Å². The van der Waals surface area contributed by atoms with Crippen molar-refractivity contribution in [3.8, 4) is 0 Å². The number of anilines is 1. The molecule has 1 heterocycles. The van der Waals surface area contributed by atoms with Crippen LogP contribution >= 0.6 is 15.9 Å². The highest BCUT2D eigenvalue weighted by Gasteiger charge is 2.17. The number of aromatic nitrogens is 2. The van der Waals surface area contributed by atoms with Gasteiger partial charge in [0, 0.05) is 23.8 Å². The van der Waals surface area contributed by atoms with Crippen molar-refractivity contribution in [1.82, 2.24) is 9.78 Å². The van der Waals surface area contributed by atoms with Gasteiger partial charge in [0.05, 0.1) is 11.3 Å².